The van der Waals surface area contributed by atoms with Crippen LogP contribution in [0.15, 0.2) is 65.8 Å². The Bertz CT molecular complexity index is 1150. The van der Waals surface area contributed by atoms with Crippen LogP contribution < -0.4 is 14.9 Å². The number of nitro benzene ring substituents is 1. The maximum Gasteiger partial charge on any atom is 0.271 e. The van der Waals surface area contributed by atoms with Crippen molar-refractivity contribution in [1.29, 1.82) is 0 Å². The van der Waals surface area contributed by atoms with Crippen molar-refractivity contribution in [3.63, 3.8) is 0 Å². The van der Waals surface area contributed by atoms with Crippen molar-refractivity contribution in [2.75, 3.05) is 7.11 Å². The first kappa shape index (κ1) is 23.5. The highest BCUT2D eigenvalue weighted by Gasteiger charge is 2.12. The van der Waals surface area contributed by atoms with Gasteiger partial charge in [-0.3, -0.25) is 14.9 Å². The van der Waals surface area contributed by atoms with E-state index in [1.54, 1.807) is 18.2 Å². The van der Waals surface area contributed by atoms with E-state index in [0.29, 0.717) is 28.7 Å². The van der Waals surface area contributed by atoms with Gasteiger partial charge in [-0.1, -0.05) is 23.7 Å². The van der Waals surface area contributed by atoms with Gasteiger partial charge in [0, 0.05) is 22.7 Å². The van der Waals surface area contributed by atoms with Crippen LogP contribution in [0.4, 0.5) is 5.69 Å². The summed E-state index contributed by atoms with van der Waals surface area (Å²) in [4.78, 5) is 22.3. The number of nitro groups is 1. The van der Waals surface area contributed by atoms with Crippen molar-refractivity contribution in [3.8, 4) is 11.5 Å². The Balaban J connectivity index is 1.66. The molecule has 0 atom stereocenters. The lowest BCUT2D eigenvalue weighted by molar-refractivity contribution is -0.384. The van der Waals surface area contributed by atoms with Gasteiger partial charge in [0.1, 0.15) is 6.61 Å². The molecule has 0 aromatic heterocycles. The van der Waals surface area contributed by atoms with Crippen LogP contribution in [0.2, 0.25) is 5.02 Å². The predicted octanol–water partition coefficient (Wildman–Crippen LogP) is 5.20. The number of benzene rings is 3. The van der Waals surface area contributed by atoms with Gasteiger partial charge in [0.2, 0.25) is 0 Å². The van der Waals surface area contributed by atoms with E-state index in [2.05, 4.69) is 33.1 Å². The van der Waals surface area contributed by atoms with Crippen LogP contribution >= 0.6 is 34.2 Å². The number of carbonyl (C=O) groups is 1. The van der Waals surface area contributed by atoms with Gasteiger partial charge in [0.05, 0.1) is 21.8 Å². The Morgan fingerprint density at radius 3 is 2.50 bits per heavy atom. The van der Waals surface area contributed by atoms with Gasteiger partial charge in [0.25, 0.3) is 11.6 Å². The lowest BCUT2D eigenvalue weighted by Gasteiger charge is -2.13. The molecule has 8 nitrogen and oxygen atoms in total. The van der Waals surface area contributed by atoms with Crippen LogP contribution in [0, 0.1) is 13.7 Å². The number of halogens is 2. The van der Waals surface area contributed by atoms with Gasteiger partial charge in [-0.25, -0.2) is 5.43 Å². The molecule has 10 heteroatoms. The zero-order valence-electron chi connectivity index (χ0n) is 16.7. The summed E-state index contributed by atoms with van der Waals surface area (Å²) in [6.45, 7) is 0.349. The van der Waals surface area contributed by atoms with Gasteiger partial charge in [-0.2, -0.15) is 5.10 Å². The number of ether oxygens (including phenoxy) is 2. The molecule has 0 heterocycles. The van der Waals surface area contributed by atoms with Crippen molar-refractivity contribution >= 4 is 52.0 Å². The number of amides is 1. The van der Waals surface area contributed by atoms with Gasteiger partial charge in [-0.05, 0) is 70.1 Å². The maximum absolute atomic E-state index is 12.2. The second-order valence-corrected chi connectivity index (χ2v) is 8.05. The molecule has 1 N–H and O–H groups in total. The van der Waals surface area contributed by atoms with Gasteiger partial charge in [0.15, 0.2) is 11.5 Å². The molecule has 3 aromatic rings. The van der Waals surface area contributed by atoms with E-state index in [-0.39, 0.29) is 11.3 Å². The quantitative estimate of drug-likeness (QED) is 0.175. The van der Waals surface area contributed by atoms with Crippen molar-refractivity contribution in [2.45, 2.75) is 6.61 Å². The Morgan fingerprint density at radius 1 is 1.19 bits per heavy atom. The van der Waals surface area contributed by atoms with Gasteiger partial charge >= 0.3 is 0 Å². The van der Waals surface area contributed by atoms with E-state index in [4.69, 9.17) is 21.1 Å². The fraction of sp³-hybridized carbons (Fsp3) is 0.0909. The summed E-state index contributed by atoms with van der Waals surface area (Å²) in [5.74, 6) is 0.629. The van der Waals surface area contributed by atoms with Crippen LogP contribution in [0.3, 0.4) is 0 Å². The first-order valence-electron chi connectivity index (χ1n) is 9.20. The minimum atomic E-state index is -0.530. The number of nitrogens with zero attached hydrogens (tertiary/aromatic N) is 2. The number of hydrazone groups is 1. The zero-order valence-corrected chi connectivity index (χ0v) is 19.7. The first-order valence-corrected chi connectivity index (χ1v) is 10.7. The summed E-state index contributed by atoms with van der Waals surface area (Å²) >= 11 is 8.04. The fourth-order valence-corrected chi connectivity index (χ4v) is 3.56. The molecule has 0 unspecified atom stereocenters. The Labute approximate surface area is 202 Å². The van der Waals surface area contributed by atoms with Crippen LogP contribution in [0.1, 0.15) is 21.5 Å². The van der Waals surface area contributed by atoms with Crippen LogP contribution in [0.5, 0.6) is 11.5 Å². The second kappa shape index (κ2) is 10.9. The normalized spacial score (nSPS) is 10.7. The molecule has 164 valence electrons. The molecule has 0 aliphatic heterocycles. The molecule has 0 aliphatic carbocycles. The lowest BCUT2D eigenvalue weighted by Crippen LogP contribution is -2.17. The van der Waals surface area contributed by atoms with Crippen molar-refractivity contribution in [1.82, 2.24) is 5.43 Å². The van der Waals surface area contributed by atoms with E-state index in [0.717, 1.165) is 9.13 Å². The number of nitrogens with one attached hydrogen (secondary N) is 1. The highest BCUT2D eigenvalue weighted by atomic mass is 127. The highest BCUT2D eigenvalue weighted by Crippen LogP contribution is 2.34. The smallest absolute Gasteiger partial charge is 0.271 e. The average molecular weight is 566 g/mol. The molecule has 3 aromatic carbocycles. The lowest BCUT2D eigenvalue weighted by atomic mass is 10.2. The number of hydrogen-bond donors (Lipinski definition) is 1. The summed E-state index contributed by atoms with van der Waals surface area (Å²) < 4.78 is 12.2. The third-order valence-corrected chi connectivity index (χ3v) is 5.32. The molecule has 0 spiro atoms. The summed E-state index contributed by atoms with van der Waals surface area (Å²) in [6, 6.07) is 16.2. The summed E-state index contributed by atoms with van der Waals surface area (Å²) in [7, 11) is 1.54. The van der Waals surface area contributed by atoms with E-state index in [1.807, 2.05) is 18.2 Å². The van der Waals surface area contributed by atoms with Crippen LogP contribution in [-0.4, -0.2) is 24.2 Å². The van der Waals surface area contributed by atoms with E-state index >= 15 is 0 Å². The monoisotopic (exact) mass is 565 g/mol. The van der Waals surface area contributed by atoms with E-state index in [1.165, 1.54) is 37.6 Å². The Morgan fingerprint density at radius 2 is 1.88 bits per heavy atom. The van der Waals surface area contributed by atoms with Crippen molar-refractivity contribution < 1.29 is 19.2 Å². The van der Waals surface area contributed by atoms with Crippen molar-refractivity contribution in [2.24, 2.45) is 5.10 Å². The minimum Gasteiger partial charge on any atom is -0.493 e. The topological polar surface area (TPSA) is 103 Å². The molecular weight excluding hydrogens is 549 g/mol. The first-order chi connectivity index (χ1) is 15.4. The summed E-state index contributed by atoms with van der Waals surface area (Å²) in [5, 5.41) is 15.3. The largest absolute Gasteiger partial charge is 0.493 e. The maximum atomic E-state index is 12.2. The Kier molecular flexibility index (Phi) is 8.01. The number of non-ortho nitro benzene ring substituents is 1. The SMILES string of the molecule is COc1cc(/C=N/NC(=O)c2ccc([N+](=O)[O-])cc2)cc(I)c1OCc1ccc(Cl)cc1. The standard InChI is InChI=1S/C22H17ClIN3O5/c1-31-20-11-15(10-19(24)21(20)32-13-14-2-6-17(23)7-3-14)12-25-26-22(28)16-4-8-18(9-5-16)27(29)30/h2-12H,13H2,1H3,(H,26,28)/b25-12+. The predicted molar refractivity (Wildman–Crippen MR) is 130 cm³/mol. The van der Waals surface area contributed by atoms with E-state index < -0.39 is 10.8 Å². The van der Waals surface area contributed by atoms with E-state index in [9.17, 15) is 14.9 Å². The molecule has 0 aliphatic rings. The van der Waals surface area contributed by atoms with Gasteiger partial charge in [-0.15, -0.1) is 0 Å². The number of methoxy groups -OCH3 is 1. The minimum absolute atomic E-state index is 0.0925. The van der Waals surface area contributed by atoms with Crippen molar-refractivity contribution in [3.05, 3.63) is 96.1 Å². The van der Waals surface area contributed by atoms with Crippen LogP contribution in [-0.2, 0) is 6.61 Å². The third kappa shape index (κ3) is 6.17. The van der Waals surface area contributed by atoms with Gasteiger partial charge < -0.3 is 9.47 Å². The molecule has 0 radical (unpaired) electrons. The highest BCUT2D eigenvalue weighted by molar-refractivity contribution is 14.1. The molecule has 0 bridgehead atoms. The fourth-order valence-electron chi connectivity index (χ4n) is 2.66. The molecule has 1 amide bonds. The number of rotatable bonds is 8. The summed E-state index contributed by atoms with van der Waals surface area (Å²) in [5.41, 5.74) is 4.21. The molecule has 32 heavy (non-hydrogen) atoms. The van der Waals surface area contributed by atoms with Crippen LogP contribution in [0.25, 0.3) is 0 Å². The third-order valence-electron chi connectivity index (χ3n) is 4.27. The summed E-state index contributed by atoms with van der Waals surface area (Å²) in [6.07, 6.45) is 1.47. The Hall–Kier alpha value is -3.18. The molecule has 0 saturated carbocycles. The molecule has 0 fully saturated rings. The molecule has 3 rings (SSSR count). The average Bonchev–Trinajstić information content (AvgIpc) is 2.79. The number of hydrogen-bond acceptors (Lipinski definition) is 6. The zero-order chi connectivity index (χ0) is 23.1. The molecular formula is C22H17ClIN3O5. The molecule has 0 saturated heterocycles. The number of carbonyl (C=O) groups excluding carboxylic acids is 1. The second-order valence-electron chi connectivity index (χ2n) is 6.45.